The molecule has 0 heterocycles. The average molecular weight is 230 g/mol. The highest BCUT2D eigenvalue weighted by Gasteiger charge is 2.05. The second-order valence-electron chi connectivity index (χ2n) is 2.80. The molecule has 16 heavy (non-hydrogen) atoms. The summed E-state index contributed by atoms with van der Waals surface area (Å²) in [5, 5.41) is 0. The fourth-order valence-corrected chi connectivity index (χ4v) is 0.809. The first kappa shape index (κ1) is 14.7. The van der Waals surface area contributed by atoms with Crippen molar-refractivity contribution in [3.8, 4) is 0 Å². The lowest BCUT2D eigenvalue weighted by Crippen LogP contribution is -2.13. The highest BCUT2D eigenvalue weighted by Crippen LogP contribution is 1.94. The summed E-state index contributed by atoms with van der Waals surface area (Å²) in [4.78, 5) is 10.9. The van der Waals surface area contributed by atoms with E-state index in [-0.39, 0.29) is 12.2 Å². The van der Waals surface area contributed by atoms with Crippen molar-refractivity contribution in [3.63, 3.8) is 0 Å². The Morgan fingerprint density at radius 3 is 2.44 bits per heavy atom. The number of carbonyl (C=O) groups is 1. The number of ether oxygens (including phenoxy) is 4. The standard InChI is InChI=1S/C11H18O5/c1-4-14-5-6-15-7-8-16-9-10(2)11(12)13-3/h4H,1-2,5-9H2,3H3. The lowest BCUT2D eigenvalue weighted by molar-refractivity contribution is -0.136. The topological polar surface area (TPSA) is 54.0 Å². The molecule has 0 amide bonds. The van der Waals surface area contributed by atoms with Crippen LogP contribution in [0.3, 0.4) is 0 Å². The molecule has 0 atom stereocenters. The van der Waals surface area contributed by atoms with Gasteiger partial charge in [-0.1, -0.05) is 13.2 Å². The van der Waals surface area contributed by atoms with Crippen LogP contribution in [0.2, 0.25) is 0 Å². The van der Waals surface area contributed by atoms with Gasteiger partial charge < -0.3 is 18.9 Å². The normalized spacial score (nSPS) is 9.56. The molecule has 92 valence electrons. The summed E-state index contributed by atoms with van der Waals surface area (Å²) in [6.45, 7) is 8.84. The number of esters is 1. The van der Waals surface area contributed by atoms with Gasteiger partial charge in [-0.15, -0.1) is 0 Å². The summed E-state index contributed by atoms with van der Waals surface area (Å²) >= 11 is 0. The highest BCUT2D eigenvalue weighted by molar-refractivity contribution is 5.87. The number of carbonyl (C=O) groups excluding carboxylic acids is 1. The van der Waals surface area contributed by atoms with E-state index in [1.165, 1.54) is 13.4 Å². The minimum atomic E-state index is -0.458. The van der Waals surface area contributed by atoms with Gasteiger partial charge in [0.25, 0.3) is 0 Å². The third-order valence-corrected chi connectivity index (χ3v) is 1.59. The van der Waals surface area contributed by atoms with Gasteiger partial charge in [0, 0.05) is 0 Å². The van der Waals surface area contributed by atoms with Gasteiger partial charge in [-0.3, -0.25) is 0 Å². The van der Waals surface area contributed by atoms with Gasteiger partial charge >= 0.3 is 5.97 Å². The van der Waals surface area contributed by atoms with E-state index in [2.05, 4.69) is 17.9 Å². The van der Waals surface area contributed by atoms with Crippen LogP contribution in [0.1, 0.15) is 0 Å². The Labute approximate surface area is 95.6 Å². The van der Waals surface area contributed by atoms with Gasteiger partial charge in [0.15, 0.2) is 0 Å². The van der Waals surface area contributed by atoms with E-state index in [1.807, 2.05) is 0 Å². The zero-order valence-corrected chi connectivity index (χ0v) is 9.57. The quantitative estimate of drug-likeness (QED) is 0.242. The predicted molar refractivity (Wildman–Crippen MR) is 58.9 cm³/mol. The summed E-state index contributed by atoms with van der Waals surface area (Å²) in [6.07, 6.45) is 1.36. The van der Waals surface area contributed by atoms with Crippen molar-refractivity contribution in [1.29, 1.82) is 0 Å². The van der Waals surface area contributed by atoms with E-state index in [0.717, 1.165) is 0 Å². The fourth-order valence-electron chi connectivity index (χ4n) is 0.809. The summed E-state index contributed by atoms with van der Waals surface area (Å²) in [6, 6.07) is 0. The Bertz CT molecular complexity index is 224. The summed E-state index contributed by atoms with van der Waals surface area (Å²) in [5.74, 6) is -0.458. The van der Waals surface area contributed by atoms with Crippen LogP contribution in [0.5, 0.6) is 0 Å². The second-order valence-corrected chi connectivity index (χ2v) is 2.80. The van der Waals surface area contributed by atoms with Gasteiger partial charge in [-0.25, -0.2) is 4.79 Å². The molecule has 5 nitrogen and oxygen atoms in total. The molecule has 0 aliphatic rings. The third kappa shape index (κ3) is 8.02. The van der Waals surface area contributed by atoms with E-state index in [9.17, 15) is 4.79 Å². The van der Waals surface area contributed by atoms with E-state index in [4.69, 9.17) is 14.2 Å². The molecule has 0 saturated carbocycles. The lowest BCUT2D eigenvalue weighted by atomic mass is 10.3. The molecule has 5 heteroatoms. The summed E-state index contributed by atoms with van der Waals surface area (Å²) in [5.41, 5.74) is 0.289. The SMILES string of the molecule is C=COCCOCCOCC(=C)C(=O)OC. The predicted octanol–water partition coefficient (Wildman–Crippen LogP) is 0.909. The Morgan fingerprint density at radius 1 is 1.19 bits per heavy atom. The van der Waals surface area contributed by atoms with Crippen LogP contribution in [-0.2, 0) is 23.7 Å². The largest absolute Gasteiger partial charge is 0.499 e. The molecule has 0 bridgehead atoms. The summed E-state index contributed by atoms with van der Waals surface area (Å²) in [7, 11) is 1.30. The number of methoxy groups -OCH3 is 1. The molecule has 0 aliphatic heterocycles. The maximum atomic E-state index is 10.9. The maximum Gasteiger partial charge on any atom is 0.335 e. The molecule has 0 aromatic heterocycles. The van der Waals surface area contributed by atoms with Crippen LogP contribution in [0.15, 0.2) is 25.0 Å². The molecule has 0 N–H and O–H groups in total. The number of rotatable bonds is 10. The maximum absolute atomic E-state index is 10.9. The van der Waals surface area contributed by atoms with Gasteiger partial charge in [0.1, 0.15) is 6.61 Å². The van der Waals surface area contributed by atoms with E-state index < -0.39 is 5.97 Å². The smallest absolute Gasteiger partial charge is 0.335 e. The van der Waals surface area contributed by atoms with Crippen molar-refractivity contribution in [2.75, 3.05) is 40.1 Å². The monoisotopic (exact) mass is 230 g/mol. The van der Waals surface area contributed by atoms with Gasteiger partial charge in [0.05, 0.1) is 45.4 Å². The van der Waals surface area contributed by atoms with Crippen molar-refractivity contribution in [3.05, 3.63) is 25.0 Å². The minimum Gasteiger partial charge on any atom is -0.499 e. The summed E-state index contributed by atoms with van der Waals surface area (Å²) < 4.78 is 19.6. The van der Waals surface area contributed by atoms with Crippen LogP contribution < -0.4 is 0 Å². The van der Waals surface area contributed by atoms with Gasteiger partial charge in [-0.05, 0) is 0 Å². The zero-order valence-electron chi connectivity index (χ0n) is 9.57. The Kier molecular flexibility index (Phi) is 9.35. The number of hydrogen-bond acceptors (Lipinski definition) is 5. The molecule has 0 aromatic rings. The Hall–Kier alpha value is -1.33. The van der Waals surface area contributed by atoms with Crippen LogP contribution in [0, 0.1) is 0 Å². The minimum absolute atomic E-state index is 0.152. The number of hydrogen-bond donors (Lipinski definition) is 0. The van der Waals surface area contributed by atoms with Crippen molar-refractivity contribution < 1.29 is 23.7 Å². The molecular formula is C11H18O5. The molecule has 0 aliphatic carbocycles. The molecule has 0 aromatic carbocycles. The lowest BCUT2D eigenvalue weighted by Gasteiger charge is -2.06. The molecule has 0 spiro atoms. The Morgan fingerprint density at radius 2 is 1.81 bits per heavy atom. The first-order valence-electron chi connectivity index (χ1n) is 4.86. The molecule has 0 radical (unpaired) electrons. The second kappa shape index (κ2) is 10.2. The molecule has 0 unspecified atom stereocenters. The molecule has 0 saturated heterocycles. The van der Waals surface area contributed by atoms with Crippen molar-refractivity contribution in [1.82, 2.24) is 0 Å². The van der Waals surface area contributed by atoms with Crippen molar-refractivity contribution in [2.24, 2.45) is 0 Å². The fraction of sp³-hybridized carbons (Fsp3) is 0.545. The van der Waals surface area contributed by atoms with E-state index in [1.54, 1.807) is 0 Å². The zero-order chi connectivity index (χ0) is 12.2. The van der Waals surface area contributed by atoms with Crippen LogP contribution in [0.4, 0.5) is 0 Å². The first-order valence-corrected chi connectivity index (χ1v) is 4.86. The van der Waals surface area contributed by atoms with E-state index >= 15 is 0 Å². The van der Waals surface area contributed by atoms with Crippen molar-refractivity contribution >= 4 is 5.97 Å². The third-order valence-electron chi connectivity index (χ3n) is 1.59. The molecular weight excluding hydrogens is 212 g/mol. The van der Waals surface area contributed by atoms with Gasteiger partial charge in [-0.2, -0.15) is 0 Å². The van der Waals surface area contributed by atoms with Gasteiger partial charge in [0.2, 0.25) is 0 Å². The Balaban J connectivity index is 3.24. The highest BCUT2D eigenvalue weighted by atomic mass is 16.5. The van der Waals surface area contributed by atoms with Crippen LogP contribution in [0.25, 0.3) is 0 Å². The van der Waals surface area contributed by atoms with Crippen molar-refractivity contribution in [2.45, 2.75) is 0 Å². The van der Waals surface area contributed by atoms with Crippen LogP contribution in [-0.4, -0.2) is 46.1 Å². The average Bonchev–Trinajstić information content (AvgIpc) is 2.31. The molecule has 0 rings (SSSR count). The first-order chi connectivity index (χ1) is 7.72. The van der Waals surface area contributed by atoms with Crippen LogP contribution >= 0.6 is 0 Å². The molecule has 0 fully saturated rings. The van der Waals surface area contributed by atoms with E-state index in [0.29, 0.717) is 26.4 Å².